The lowest BCUT2D eigenvalue weighted by Gasteiger charge is -2.28. The van der Waals surface area contributed by atoms with Crippen molar-refractivity contribution in [3.8, 4) is 0 Å². The van der Waals surface area contributed by atoms with E-state index in [0.717, 1.165) is 4.88 Å². The number of rotatable bonds is 5. The van der Waals surface area contributed by atoms with Gasteiger partial charge in [0, 0.05) is 17.3 Å². The highest BCUT2D eigenvalue weighted by Gasteiger charge is 2.34. The zero-order valence-electron chi connectivity index (χ0n) is 11.9. The molecule has 112 valence electrons. The lowest BCUT2D eigenvalue weighted by atomic mass is 10.1. The van der Waals surface area contributed by atoms with Gasteiger partial charge < -0.3 is 4.90 Å². The fourth-order valence-corrected chi connectivity index (χ4v) is 4.91. The number of carbonyl (C=O) groups excluding carboxylic acids is 1. The fourth-order valence-electron chi connectivity index (χ4n) is 2.48. The summed E-state index contributed by atoms with van der Waals surface area (Å²) in [6.07, 6.45) is 1.04. The van der Waals surface area contributed by atoms with Gasteiger partial charge in [0.2, 0.25) is 5.91 Å². The molecule has 1 aliphatic rings. The predicted molar refractivity (Wildman–Crippen MR) is 81.4 cm³/mol. The maximum atomic E-state index is 12.4. The molecule has 0 aliphatic carbocycles. The Hall–Kier alpha value is -0.880. The van der Waals surface area contributed by atoms with Crippen LogP contribution >= 0.6 is 11.3 Å². The van der Waals surface area contributed by atoms with Gasteiger partial charge in [-0.25, -0.2) is 8.42 Å². The van der Waals surface area contributed by atoms with Crippen LogP contribution in [0.4, 0.5) is 0 Å². The average molecular weight is 315 g/mol. The quantitative estimate of drug-likeness (QED) is 0.838. The maximum absolute atomic E-state index is 12.4. The molecule has 0 radical (unpaired) electrons. The monoisotopic (exact) mass is 315 g/mol. The standard InChI is InChI=1S/C14H21NO3S2/c1-11(2)8-14(16)15(9-13-4-3-6-19-13)12-5-7-20(17,18)10-12/h3-4,6,11-12H,5,7-10H2,1-2H3/t12-/m1/s1. The van der Waals surface area contributed by atoms with Gasteiger partial charge in [-0.2, -0.15) is 0 Å². The van der Waals surface area contributed by atoms with Crippen LogP contribution in [0.2, 0.25) is 0 Å². The Morgan fingerprint density at radius 1 is 1.50 bits per heavy atom. The molecule has 0 saturated carbocycles. The summed E-state index contributed by atoms with van der Waals surface area (Å²) < 4.78 is 23.3. The summed E-state index contributed by atoms with van der Waals surface area (Å²) in [4.78, 5) is 15.3. The van der Waals surface area contributed by atoms with E-state index in [9.17, 15) is 13.2 Å². The Kier molecular flexibility index (Phi) is 4.86. The van der Waals surface area contributed by atoms with Gasteiger partial charge in [-0.05, 0) is 23.8 Å². The first kappa shape index (κ1) is 15.5. The predicted octanol–water partition coefficient (Wildman–Crippen LogP) is 2.31. The third-order valence-corrected chi connectivity index (χ3v) is 6.07. The van der Waals surface area contributed by atoms with Gasteiger partial charge in [0.1, 0.15) is 0 Å². The first-order valence-corrected chi connectivity index (χ1v) is 9.60. The molecule has 2 rings (SSSR count). The first-order valence-electron chi connectivity index (χ1n) is 6.89. The van der Waals surface area contributed by atoms with E-state index in [1.165, 1.54) is 0 Å². The zero-order chi connectivity index (χ0) is 14.8. The van der Waals surface area contributed by atoms with Crippen molar-refractivity contribution in [2.45, 2.75) is 39.3 Å². The topological polar surface area (TPSA) is 54.5 Å². The van der Waals surface area contributed by atoms with Gasteiger partial charge in [0.25, 0.3) is 0 Å². The number of amides is 1. The SMILES string of the molecule is CC(C)CC(=O)N(Cc1cccs1)[C@@H]1CCS(=O)(=O)C1. The Bertz CT molecular complexity index is 549. The molecule has 1 amide bonds. The first-order chi connectivity index (χ1) is 9.37. The summed E-state index contributed by atoms with van der Waals surface area (Å²) in [6, 6.07) is 3.79. The van der Waals surface area contributed by atoms with E-state index in [1.54, 1.807) is 16.2 Å². The van der Waals surface area contributed by atoms with Crippen LogP contribution in [-0.2, 0) is 21.2 Å². The molecule has 0 N–H and O–H groups in total. The van der Waals surface area contributed by atoms with E-state index in [2.05, 4.69) is 0 Å². The fraction of sp³-hybridized carbons (Fsp3) is 0.643. The van der Waals surface area contributed by atoms with Gasteiger partial charge in [0.05, 0.1) is 18.1 Å². The summed E-state index contributed by atoms with van der Waals surface area (Å²) in [5.41, 5.74) is 0. The molecule has 1 aliphatic heterocycles. The van der Waals surface area contributed by atoms with Crippen LogP contribution in [0.25, 0.3) is 0 Å². The van der Waals surface area contributed by atoms with Gasteiger partial charge in [0.15, 0.2) is 9.84 Å². The van der Waals surface area contributed by atoms with Crippen molar-refractivity contribution >= 4 is 27.1 Å². The van der Waals surface area contributed by atoms with Crippen LogP contribution in [0.3, 0.4) is 0 Å². The molecule has 6 heteroatoms. The van der Waals surface area contributed by atoms with Crippen LogP contribution in [0.5, 0.6) is 0 Å². The van der Waals surface area contributed by atoms with Crippen LogP contribution in [0.15, 0.2) is 17.5 Å². The molecule has 1 saturated heterocycles. The molecule has 0 aromatic carbocycles. The van der Waals surface area contributed by atoms with E-state index in [4.69, 9.17) is 0 Å². The smallest absolute Gasteiger partial charge is 0.223 e. The summed E-state index contributed by atoms with van der Waals surface area (Å²) in [5.74, 6) is 0.664. The molecular formula is C14H21NO3S2. The van der Waals surface area contributed by atoms with Gasteiger partial charge >= 0.3 is 0 Å². The van der Waals surface area contributed by atoms with Gasteiger partial charge in [-0.3, -0.25) is 4.79 Å². The Labute approximate surface area is 124 Å². The van der Waals surface area contributed by atoms with Crippen LogP contribution in [-0.4, -0.2) is 36.8 Å². The minimum Gasteiger partial charge on any atom is -0.334 e. The molecule has 0 spiro atoms. The number of carbonyl (C=O) groups is 1. The minimum atomic E-state index is -2.97. The number of nitrogens with zero attached hydrogens (tertiary/aromatic N) is 1. The summed E-state index contributed by atoms with van der Waals surface area (Å²) >= 11 is 1.60. The number of hydrogen-bond acceptors (Lipinski definition) is 4. The van der Waals surface area contributed by atoms with Crippen molar-refractivity contribution in [2.24, 2.45) is 5.92 Å². The second-order valence-electron chi connectivity index (χ2n) is 5.76. The maximum Gasteiger partial charge on any atom is 0.223 e. The molecule has 20 heavy (non-hydrogen) atoms. The van der Waals surface area contributed by atoms with Crippen molar-refractivity contribution in [2.75, 3.05) is 11.5 Å². The van der Waals surface area contributed by atoms with Crippen molar-refractivity contribution < 1.29 is 13.2 Å². The van der Waals surface area contributed by atoms with Crippen molar-refractivity contribution in [3.63, 3.8) is 0 Å². The van der Waals surface area contributed by atoms with E-state index in [1.807, 2.05) is 31.4 Å². The normalized spacial score (nSPS) is 21.2. The molecule has 1 atom stereocenters. The van der Waals surface area contributed by atoms with Gasteiger partial charge in [-0.15, -0.1) is 11.3 Å². The molecule has 0 unspecified atom stereocenters. The summed E-state index contributed by atoms with van der Waals surface area (Å²) in [6.45, 7) is 4.54. The highest BCUT2D eigenvalue weighted by molar-refractivity contribution is 7.91. The van der Waals surface area contributed by atoms with E-state index in [0.29, 0.717) is 19.4 Å². The molecule has 1 aromatic rings. The molecule has 2 heterocycles. The average Bonchev–Trinajstić information content (AvgIpc) is 2.94. The lowest BCUT2D eigenvalue weighted by molar-refractivity contribution is -0.134. The van der Waals surface area contributed by atoms with Crippen LogP contribution in [0, 0.1) is 5.92 Å². The second kappa shape index (κ2) is 6.26. The Balaban J connectivity index is 2.13. The summed E-state index contributed by atoms with van der Waals surface area (Å²) in [5, 5.41) is 1.98. The molecular weight excluding hydrogens is 294 g/mol. The van der Waals surface area contributed by atoms with E-state index in [-0.39, 0.29) is 29.4 Å². The van der Waals surface area contributed by atoms with E-state index < -0.39 is 9.84 Å². The van der Waals surface area contributed by atoms with Crippen molar-refractivity contribution in [1.29, 1.82) is 0 Å². The summed E-state index contributed by atoms with van der Waals surface area (Å²) in [7, 11) is -2.97. The third kappa shape index (κ3) is 4.06. The molecule has 1 fully saturated rings. The zero-order valence-corrected chi connectivity index (χ0v) is 13.5. The van der Waals surface area contributed by atoms with E-state index >= 15 is 0 Å². The Morgan fingerprint density at radius 3 is 2.75 bits per heavy atom. The van der Waals surface area contributed by atoms with Crippen molar-refractivity contribution in [3.05, 3.63) is 22.4 Å². The Morgan fingerprint density at radius 2 is 2.25 bits per heavy atom. The highest BCUT2D eigenvalue weighted by Crippen LogP contribution is 2.23. The third-order valence-electron chi connectivity index (χ3n) is 3.46. The molecule has 1 aromatic heterocycles. The van der Waals surface area contributed by atoms with Crippen LogP contribution < -0.4 is 0 Å². The number of sulfone groups is 1. The largest absolute Gasteiger partial charge is 0.334 e. The van der Waals surface area contributed by atoms with Gasteiger partial charge in [-0.1, -0.05) is 19.9 Å². The number of hydrogen-bond donors (Lipinski definition) is 0. The van der Waals surface area contributed by atoms with Crippen LogP contribution in [0.1, 0.15) is 31.6 Å². The molecule has 0 bridgehead atoms. The number of thiophene rings is 1. The molecule has 4 nitrogen and oxygen atoms in total. The van der Waals surface area contributed by atoms with Crippen molar-refractivity contribution in [1.82, 2.24) is 4.90 Å². The highest BCUT2D eigenvalue weighted by atomic mass is 32.2. The lowest BCUT2D eigenvalue weighted by Crippen LogP contribution is -2.40. The minimum absolute atomic E-state index is 0.0653. The second-order valence-corrected chi connectivity index (χ2v) is 9.02.